The Labute approximate surface area is 198 Å². The standard InChI is InChI=1S/C25H26FNO6S/c1-18-6-4-5-7-22(18)25(28)27(14-15-31-2)17-19-8-13-23(32-3)24(16-19)33-34(29,30)21-11-9-20(26)10-12-21/h4-13,16H,14-15,17H2,1-3H3. The molecule has 180 valence electrons. The minimum absolute atomic E-state index is 0.0423. The van der Waals surface area contributed by atoms with Crippen LogP contribution in [0.2, 0.25) is 0 Å². The number of carbonyl (C=O) groups excluding carboxylic acids is 1. The number of hydrogen-bond acceptors (Lipinski definition) is 6. The highest BCUT2D eigenvalue weighted by molar-refractivity contribution is 7.87. The van der Waals surface area contributed by atoms with Gasteiger partial charge in [-0.25, -0.2) is 4.39 Å². The second kappa shape index (κ2) is 11.1. The zero-order chi connectivity index (χ0) is 24.7. The van der Waals surface area contributed by atoms with Crippen molar-refractivity contribution in [3.63, 3.8) is 0 Å². The molecular weight excluding hydrogens is 461 g/mol. The molecule has 0 spiro atoms. The number of amides is 1. The molecule has 3 rings (SSSR count). The molecule has 34 heavy (non-hydrogen) atoms. The Balaban J connectivity index is 1.90. The number of methoxy groups -OCH3 is 2. The molecular formula is C25H26FNO6S. The van der Waals surface area contributed by atoms with Crippen LogP contribution >= 0.6 is 0 Å². The number of hydrogen-bond donors (Lipinski definition) is 0. The van der Waals surface area contributed by atoms with Gasteiger partial charge in [-0.2, -0.15) is 8.42 Å². The first-order valence-electron chi connectivity index (χ1n) is 10.5. The molecule has 0 fully saturated rings. The Hall–Kier alpha value is -3.43. The van der Waals surface area contributed by atoms with Crippen molar-refractivity contribution in [1.82, 2.24) is 4.90 Å². The summed E-state index contributed by atoms with van der Waals surface area (Å²) in [5.74, 6) is -0.581. The van der Waals surface area contributed by atoms with Gasteiger partial charge in [-0.1, -0.05) is 24.3 Å². The monoisotopic (exact) mass is 487 g/mol. The zero-order valence-corrected chi connectivity index (χ0v) is 20.0. The molecule has 9 heteroatoms. The number of ether oxygens (including phenoxy) is 2. The lowest BCUT2D eigenvalue weighted by Gasteiger charge is -2.24. The summed E-state index contributed by atoms with van der Waals surface area (Å²) in [5.41, 5.74) is 2.05. The Morgan fingerprint density at radius 1 is 0.971 bits per heavy atom. The van der Waals surface area contributed by atoms with Crippen molar-refractivity contribution < 1.29 is 31.3 Å². The van der Waals surface area contributed by atoms with Gasteiger partial charge in [0.2, 0.25) is 0 Å². The van der Waals surface area contributed by atoms with Gasteiger partial charge in [-0.3, -0.25) is 4.79 Å². The van der Waals surface area contributed by atoms with E-state index in [1.165, 1.54) is 13.2 Å². The molecule has 1 amide bonds. The van der Waals surface area contributed by atoms with Gasteiger partial charge in [0, 0.05) is 25.8 Å². The van der Waals surface area contributed by atoms with Gasteiger partial charge in [0.25, 0.3) is 5.91 Å². The second-order valence-corrected chi connectivity index (χ2v) is 9.06. The molecule has 0 heterocycles. The van der Waals surface area contributed by atoms with Crippen molar-refractivity contribution >= 4 is 16.0 Å². The summed E-state index contributed by atoms with van der Waals surface area (Å²) in [5, 5.41) is 0. The highest BCUT2D eigenvalue weighted by Gasteiger charge is 2.22. The van der Waals surface area contributed by atoms with Crippen LogP contribution in [0, 0.1) is 12.7 Å². The maximum atomic E-state index is 13.2. The van der Waals surface area contributed by atoms with E-state index >= 15 is 0 Å². The first-order chi connectivity index (χ1) is 16.2. The Morgan fingerprint density at radius 3 is 2.32 bits per heavy atom. The molecule has 0 aliphatic heterocycles. The molecule has 0 aromatic heterocycles. The van der Waals surface area contributed by atoms with E-state index in [1.807, 2.05) is 19.1 Å². The summed E-state index contributed by atoms with van der Waals surface area (Å²) in [7, 11) is -1.29. The van der Waals surface area contributed by atoms with Crippen LogP contribution < -0.4 is 8.92 Å². The fourth-order valence-corrected chi connectivity index (χ4v) is 4.24. The van der Waals surface area contributed by atoms with E-state index in [1.54, 1.807) is 36.3 Å². The number of halogens is 1. The third-order valence-corrected chi connectivity index (χ3v) is 6.38. The summed E-state index contributed by atoms with van der Waals surface area (Å²) in [6.07, 6.45) is 0. The van der Waals surface area contributed by atoms with E-state index in [2.05, 4.69) is 0 Å². The van der Waals surface area contributed by atoms with Crippen LogP contribution in [0.3, 0.4) is 0 Å². The van der Waals surface area contributed by atoms with E-state index < -0.39 is 15.9 Å². The molecule has 0 radical (unpaired) electrons. The van der Waals surface area contributed by atoms with E-state index in [9.17, 15) is 17.6 Å². The van der Waals surface area contributed by atoms with Gasteiger partial charge >= 0.3 is 10.1 Å². The van der Waals surface area contributed by atoms with Crippen LogP contribution in [0.25, 0.3) is 0 Å². The Bertz CT molecular complexity index is 1240. The smallest absolute Gasteiger partial charge is 0.339 e. The van der Waals surface area contributed by atoms with Crippen LogP contribution in [0.4, 0.5) is 4.39 Å². The van der Waals surface area contributed by atoms with Gasteiger partial charge in [0.15, 0.2) is 11.5 Å². The zero-order valence-electron chi connectivity index (χ0n) is 19.2. The predicted octanol–water partition coefficient (Wildman–Crippen LogP) is 4.20. The van der Waals surface area contributed by atoms with Gasteiger partial charge in [-0.15, -0.1) is 0 Å². The van der Waals surface area contributed by atoms with Crippen molar-refractivity contribution in [2.45, 2.75) is 18.4 Å². The van der Waals surface area contributed by atoms with Gasteiger partial charge in [-0.05, 0) is 60.5 Å². The number of rotatable bonds is 10. The topological polar surface area (TPSA) is 82.1 Å². The molecule has 0 unspecified atom stereocenters. The van der Waals surface area contributed by atoms with E-state index in [0.29, 0.717) is 24.3 Å². The fourth-order valence-electron chi connectivity index (χ4n) is 3.31. The SMILES string of the molecule is COCCN(Cc1ccc(OC)c(OS(=O)(=O)c2ccc(F)cc2)c1)C(=O)c1ccccc1C. The quantitative estimate of drug-likeness (QED) is 0.399. The van der Waals surface area contributed by atoms with Crippen LogP contribution in [0.15, 0.2) is 71.6 Å². The van der Waals surface area contributed by atoms with Gasteiger partial charge in [0.05, 0.1) is 13.7 Å². The molecule has 0 N–H and O–H groups in total. The fraction of sp³-hybridized carbons (Fsp3) is 0.240. The highest BCUT2D eigenvalue weighted by Crippen LogP contribution is 2.31. The number of aryl methyl sites for hydroxylation is 1. The number of benzene rings is 3. The van der Waals surface area contributed by atoms with Crippen molar-refractivity contribution in [2.24, 2.45) is 0 Å². The lowest BCUT2D eigenvalue weighted by Crippen LogP contribution is -2.33. The minimum atomic E-state index is -4.23. The third-order valence-electron chi connectivity index (χ3n) is 5.13. The minimum Gasteiger partial charge on any atom is -0.493 e. The first-order valence-corrected chi connectivity index (χ1v) is 11.9. The van der Waals surface area contributed by atoms with E-state index in [4.69, 9.17) is 13.7 Å². The average molecular weight is 488 g/mol. The molecule has 3 aromatic rings. The number of carbonyl (C=O) groups is 1. The molecule has 3 aromatic carbocycles. The van der Waals surface area contributed by atoms with Crippen LogP contribution in [-0.2, 0) is 21.4 Å². The van der Waals surface area contributed by atoms with Crippen molar-refractivity contribution in [3.8, 4) is 11.5 Å². The van der Waals surface area contributed by atoms with Crippen molar-refractivity contribution in [2.75, 3.05) is 27.4 Å². The molecule has 0 bridgehead atoms. The third kappa shape index (κ3) is 6.12. The molecule has 0 saturated carbocycles. The summed E-state index contributed by atoms with van der Waals surface area (Å²) in [6.45, 7) is 2.71. The summed E-state index contributed by atoms with van der Waals surface area (Å²) < 4.78 is 54.3. The molecule has 7 nitrogen and oxygen atoms in total. The number of nitrogens with zero attached hydrogens (tertiary/aromatic N) is 1. The summed E-state index contributed by atoms with van der Waals surface area (Å²) in [6, 6.07) is 16.4. The Kier molecular flexibility index (Phi) is 8.25. The van der Waals surface area contributed by atoms with E-state index in [0.717, 1.165) is 29.8 Å². The second-order valence-electron chi connectivity index (χ2n) is 7.51. The molecule has 0 atom stereocenters. The van der Waals surface area contributed by atoms with E-state index in [-0.39, 0.29) is 28.8 Å². The first kappa shape index (κ1) is 25.2. The lowest BCUT2D eigenvalue weighted by atomic mass is 10.1. The normalized spacial score (nSPS) is 11.2. The van der Waals surface area contributed by atoms with Crippen molar-refractivity contribution in [3.05, 3.63) is 89.2 Å². The lowest BCUT2D eigenvalue weighted by molar-refractivity contribution is 0.0679. The van der Waals surface area contributed by atoms with Gasteiger partial charge in [0.1, 0.15) is 10.7 Å². The maximum absolute atomic E-state index is 13.2. The largest absolute Gasteiger partial charge is 0.493 e. The Morgan fingerprint density at radius 2 is 1.68 bits per heavy atom. The van der Waals surface area contributed by atoms with Crippen LogP contribution in [0.1, 0.15) is 21.5 Å². The van der Waals surface area contributed by atoms with Crippen LogP contribution in [-0.4, -0.2) is 46.6 Å². The van der Waals surface area contributed by atoms with Gasteiger partial charge < -0.3 is 18.6 Å². The van der Waals surface area contributed by atoms with Crippen molar-refractivity contribution in [1.29, 1.82) is 0 Å². The molecule has 0 aliphatic rings. The predicted molar refractivity (Wildman–Crippen MR) is 125 cm³/mol. The molecule has 0 aliphatic carbocycles. The van der Waals surface area contributed by atoms with Crippen LogP contribution in [0.5, 0.6) is 11.5 Å². The summed E-state index contributed by atoms with van der Waals surface area (Å²) in [4.78, 5) is 14.6. The molecule has 0 saturated heterocycles. The summed E-state index contributed by atoms with van der Waals surface area (Å²) >= 11 is 0. The highest BCUT2D eigenvalue weighted by atomic mass is 32.2. The maximum Gasteiger partial charge on any atom is 0.339 e. The average Bonchev–Trinajstić information content (AvgIpc) is 2.82.